The van der Waals surface area contributed by atoms with Gasteiger partial charge in [-0.1, -0.05) is 103 Å². The molecule has 6 nitrogen and oxygen atoms in total. The Labute approximate surface area is 301 Å². The maximum atomic E-state index is 6.23. The van der Waals surface area contributed by atoms with Crippen LogP contribution in [0.4, 0.5) is 0 Å². The number of fused-ring (bicyclic) bond motifs is 13. The Balaban J connectivity index is 1.01. The normalized spacial score (nSPS) is 12.2. The second-order valence-electron chi connectivity index (χ2n) is 13.7. The number of nitrogens with zero attached hydrogens (tertiary/aromatic N) is 5. The van der Waals surface area contributed by atoms with Gasteiger partial charge in [-0.25, -0.2) is 4.98 Å². The highest BCUT2D eigenvalue weighted by molar-refractivity contribution is 6.28. The summed E-state index contributed by atoms with van der Waals surface area (Å²) in [5.74, 6) is 1.17. The zero-order chi connectivity index (χ0) is 34.6. The van der Waals surface area contributed by atoms with E-state index in [4.69, 9.17) is 19.5 Å². The summed E-state index contributed by atoms with van der Waals surface area (Å²) in [5.41, 5.74) is 8.82. The monoisotopic (exact) mass is 677 g/mol. The average molecular weight is 678 g/mol. The van der Waals surface area contributed by atoms with Gasteiger partial charge in [-0.3, -0.25) is 0 Å². The van der Waals surface area contributed by atoms with Crippen LogP contribution in [0.25, 0.3) is 110 Å². The first kappa shape index (κ1) is 28.4. The number of hydrogen-bond acceptors (Lipinski definition) is 4. The zero-order valence-corrected chi connectivity index (χ0v) is 28.2. The van der Waals surface area contributed by atoms with Crippen LogP contribution in [0.1, 0.15) is 0 Å². The number of furan rings is 1. The highest BCUT2D eigenvalue weighted by Gasteiger charge is 2.19. The molecular weight excluding hydrogens is 651 g/mol. The van der Waals surface area contributed by atoms with Crippen molar-refractivity contribution in [1.29, 1.82) is 0 Å². The second-order valence-corrected chi connectivity index (χ2v) is 13.7. The minimum atomic E-state index is 0.545. The minimum absolute atomic E-state index is 0.545. The molecule has 0 aliphatic heterocycles. The fourth-order valence-corrected chi connectivity index (χ4v) is 8.36. The predicted octanol–water partition coefficient (Wildman–Crippen LogP) is 11.9. The van der Waals surface area contributed by atoms with Crippen LogP contribution in [0, 0.1) is 0 Å². The summed E-state index contributed by atoms with van der Waals surface area (Å²) in [7, 11) is 0. The van der Waals surface area contributed by atoms with Crippen LogP contribution in [-0.4, -0.2) is 24.1 Å². The topological polar surface area (TPSA) is 61.2 Å². The van der Waals surface area contributed by atoms with Gasteiger partial charge in [0, 0.05) is 43.7 Å². The van der Waals surface area contributed by atoms with E-state index in [0.29, 0.717) is 11.6 Å². The Bertz CT molecular complexity index is 3370. The van der Waals surface area contributed by atoms with Gasteiger partial charge in [0.1, 0.15) is 11.2 Å². The maximum Gasteiger partial charge on any atom is 0.253 e. The van der Waals surface area contributed by atoms with Gasteiger partial charge in [0.05, 0.1) is 22.2 Å². The third-order valence-electron chi connectivity index (χ3n) is 10.8. The summed E-state index contributed by atoms with van der Waals surface area (Å²) in [5, 5.41) is 15.7. The van der Waals surface area contributed by atoms with E-state index in [1.807, 2.05) is 34.8 Å². The quantitative estimate of drug-likeness (QED) is 0.187. The molecule has 4 heterocycles. The molecule has 0 unspecified atom stereocenters. The van der Waals surface area contributed by atoms with E-state index in [-0.39, 0.29) is 0 Å². The first-order valence-corrected chi connectivity index (χ1v) is 17.8. The Hall–Kier alpha value is -7.31. The van der Waals surface area contributed by atoms with Crippen LogP contribution < -0.4 is 0 Å². The lowest BCUT2D eigenvalue weighted by molar-refractivity contribution is 0.669. The molecule has 0 atom stereocenters. The van der Waals surface area contributed by atoms with Crippen LogP contribution in [-0.2, 0) is 0 Å². The fraction of sp³-hybridized carbons (Fsp3) is 0. The van der Waals surface area contributed by atoms with E-state index < -0.39 is 0 Å². The molecule has 8 aromatic carbocycles. The summed E-state index contributed by atoms with van der Waals surface area (Å²) >= 11 is 0. The summed E-state index contributed by atoms with van der Waals surface area (Å²) in [6.45, 7) is 0. The van der Waals surface area contributed by atoms with Crippen molar-refractivity contribution < 1.29 is 4.42 Å². The molecular formula is C47H27N5O. The molecule has 53 heavy (non-hydrogen) atoms. The first-order chi connectivity index (χ1) is 26.3. The van der Waals surface area contributed by atoms with Gasteiger partial charge in [0.25, 0.3) is 5.78 Å². The SMILES string of the molecule is c1ccc2c(c1)ccc1c2c2c3ccccc3ccc2n1-c1ccc(-c2nc3nc(-c4ccc5c(c4)oc4ccccc45)c4ccccc4n3n2)cc1. The lowest BCUT2D eigenvalue weighted by Gasteiger charge is -2.09. The molecule has 12 aromatic rings. The molecule has 0 aliphatic rings. The Morgan fingerprint density at radius 3 is 1.77 bits per heavy atom. The van der Waals surface area contributed by atoms with Gasteiger partial charge in [-0.2, -0.15) is 9.50 Å². The Kier molecular flexibility index (Phi) is 5.68. The average Bonchev–Trinajstić information content (AvgIpc) is 3.92. The van der Waals surface area contributed by atoms with Gasteiger partial charge in [0.15, 0.2) is 5.82 Å². The van der Waals surface area contributed by atoms with Crippen molar-refractivity contribution in [3.05, 3.63) is 164 Å². The molecule has 12 rings (SSSR count). The molecule has 0 N–H and O–H groups in total. The number of aromatic nitrogens is 5. The summed E-state index contributed by atoms with van der Waals surface area (Å²) < 4.78 is 10.5. The standard InChI is InChI=1S/C47H27N5O/c1-3-11-33-28(9-1)20-25-39-43(33)44-34-12-4-2-10-29(34)21-26-40(44)51(39)32-22-17-30(18-23-32)46-49-47-48-45(37-14-5-7-15-38(37)52(47)50-46)31-19-24-36-35-13-6-8-16-41(35)53-42(36)27-31/h1-27H. The second kappa shape index (κ2) is 10.6. The molecule has 0 spiro atoms. The van der Waals surface area contributed by atoms with Crippen LogP contribution in [0.15, 0.2) is 168 Å². The molecule has 4 aromatic heterocycles. The van der Waals surface area contributed by atoms with Crippen molar-refractivity contribution in [3.8, 4) is 28.3 Å². The van der Waals surface area contributed by atoms with Crippen molar-refractivity contribution in [2.75, 3.05) is 0 Å². The minimum Gasteiger partial charge on any atom is -0.456 e. The van der Waals surface area contributed by atoms with Crippen molar-refractivity contribution in [2.24, 2.45) is 0 Å². The molecule has 6 heteroatoms. The van der Waals surface area contributed by atoms with Gasteiger partial charge in [-0.15, -0.1) is 5.10 Å². The molecule has 0 amide bonds. The van der Waals surface area contributed by atoms with E-state index in [9.17, 15) is 0 Å². The predicted molar refractivity (Wildman–Crippen MR) is 216 cm³/mol. The van der Waals surface area contributed by atoms with E-state index in [1.54, 1.807) is 0 Å². The van der Waals surface area contributed by atoms with Gasteiger partial charge >= 0.3 is 0 Å². The summed E-state index contributed by atoms with van der Waals surface area (Å²) in [6, 6.07) is 57.6. The van der Waals surface area contributed by atoms with E-state index in [2.05, 4.69) is 138 Å². The lowest BCUT2D eigenvalue weighted by Crippen LogP contribution is -1.97. The fourth-order valence-electron chi connectivity index (χ4n) is 8.36. The number of rotatable bonds is 3. The van der Waals surface area contributed by atoms with Crippen LogP contribution in [0.2, 0.25) is 0 Å². The third kappa shape index (κ3) is 4.06. The largest absolute Gasteiger partial charge is 0.456 e. The molecule has 0 radical (unpaired) electrons. The molecule has 0 fully saturated rings. The summed E-state index contributed by atoms with van der Waals surface area (Å²) in [6.07, 6.45) is 0. The van der Waals surface area contributed by atoms with Gasteiger partial charge in [0.2, 0.25) is 0 Å². The molecule has 246 valence electrons. The highest BCUT2D eigenvalue weighted by Crippen LogP contribution is 2.41. The molecule has 0 bridgehead atoms. The van der Waals surface area contributed by atoms with Gasteiger partial charge < -0.3 is 8.98 Å². The smallest absolute Gasteiger partial charge is 0.253 e. The van der Waals surface area contributed by atoms with E-state index in [0.717, 1.165) is 55.3 Å². The van der Waals surface area contributed by atoms with Crippen molar-refractivity contribution >= 4 is 82.0 Å². The number of para-hydroxylation sites is 2. The zero-order valence-electron chi connectivity index (χ0n) is 28.2. The molecule has 0 saturated carbocycles. The van der Waals surface area contributed by atoms with Crippen molar-refractivity contribution in [2.45, 2.75) is 0 Å². The Morgan fingerprint density at radius 2 is 1.04 bits per heavy atom. The first-order valence-electron chi connectivity index (χ1n) is 17.8. The Morgan fingerprint density at radius 1 is 0.434 bits per heavy atom. The third-order valence-corrected chi connectivity index (χ3v) is 10.8. The number of hydrogen-bond donors (Lipinski definition) is 0. The van der Waals surface area contributed by atoms with Gasteiger partial charge in [-0.05, 0) is 82.2 Å². The van der Waals surface area contributed by atoms with Crippen LogP contribution >= 0.6 is 0 Å². The summed E-state index contributed by atoms with van der Waals surface area (Å²) in [4.78, 5) is 10.1. The molecule has 0 aliphatic carbocycles. The maximum absolute atomic E-state index is 6.23. The highest BCUT2D eigenvalue weighted by atomic mass is 16.3. The van der Waals surface area contributed by atoms with E-state index in [1.165, 1.54) is 43.4 Å². The molecule has 0 saturated heterocycles. The van der Waals surface area contributed by atoms with Crippen LogP contribution in [0.5, 0.6) is 0 Å². The van der Waals surface area contributed by atoms with E-state index >= 15 is 0 Å². The number of benzene rings is 8. The van der Waals surface area contributed by atoms with Crippen LogP contribution in [0.3, 0.4) is 0 Å². The lowest BCUT2D eigenvalue weighted by atomic mass is 10.00. The van der Waals surface area contributed by atoms with Crippen molar-refractivity contribution in [1.82, 2.24) is 24.1 Å². The van der Waals surface area contributed by atoms with Crippen molar-refractivity contribution in [3.63, 3.8) is 0 Å².